The molecule has 1 N–H and O–H groups in total. The first-order valence-electron chi connectivity index (χ1n) is 7.15. The SMILES string of the molecule is CCC1C(=O)NC(C(C)(C)C)C(=O)N1CCCC(F)(F)F. The lowest BCUT2D eigenvalue weighted by atomic mass is 9.83. The Balaban J connectivity index is 2.84. The van der Waals surface area contributed by atoms with Crippen LogP contribution in [0.1, 0.15) is 47.0 Å². The van der Waals surface area contributed by atoms with Crippen LogP contribution in [0, 0.1) is 5.41 Å². The normalized spacial score (nSPS) is 24.2. The van der Waals surface area contributed by atoms with Gasteiger partial charge in [0.1, 0.15) is 12.1 Å². The van der Waals surface area contributed by atoms with E-state index in [9.17, 15) is 22.8 Å². The van der Waals surface area contributed by atoms with E-state index in [0.717, 1.165) is 0 Å². The smallest absolute Gasteiger partial charge is 0.342 e. The summed E-state index contributed by atoms with van der Waals surface area (Å²) < 4.78 is 36.7. The summed E-state index contributed by atoms with van der Waals surface area (Å²) in [6.45, 7) is 7.14. The third kappa shape index (κ3) is 4.61. The van der Waals surface area contributed by atoms with Crippen LogP contribution in [0.2, 0.25) is 0 Å². The molecule has 1 rings (SSSR count). The van der Waals surface area contributed by atoms with Crippen LogP contribution in [0.4, 0.5) is 13.2 Å². The number of nitrogens with zero attached hydrogens (tertiary/aromatic N) is 1. The van der Waals surface area contributed by atoms with Crippen LogP contribution in [0.5, 0.6) is 0 Å². The molecule has 2 unspecified atom stereocenters. The molecule has 0 aromatic rings. The molecule has 2 atom stereocenters. The number of nitrogens with one attached hydrogen (secondary N) is 1. The summed E-state index contributed by atoms with van der Waals surface area (Å²) in [5.41, 5.74) is -0.478. The summed E-state index contributed by atoms with van der Waals surface area (Å²) >= 11 is 0. The topological polar surface area (TPSA) is 49.4 Å². The summed E-state index contributed by atoms with van der Waals surface area (Å²) in [4.78, 5) is 25.8. The van der Waals surface area contributed by atoms with Crippen molar-refractivity contribution < 1.29 is 22.8 Å². The highest BCUT2D eigenvalue weighted by molar-refractivity contribution is 5.97. The molecular weight excluding hydrogens is 285 g/mol. The molecule has 1 fully saturated rings. The van der Waals surface area contributed by atoms with Gasteiger partial charge < -0.3 is 10.2 Å². The molecule has 2 amide bonds. The number of amides is 2. The fraction of sp³-hybridized carbons (Fsp3) is 0.857. The van der Waals surface area contributed by atoms with Crippen molar-refractivity contribution in [2.24, 2.45) is 5.41 Å². The van der Waals surface area contributed by atoms with Gasteiger partial charge in [-0.05, 0) is 18.3 Å². The van der Waals surface area contributed by atoms with E-state index in [1.54, 1.807) is 6.92 Å². The average molecular weight is 308 g/mol. The van der Waals surface area contributed by atoms with Gasteiger partial charge in [-0.25, -0.2) is 0 Å². The van der Waals surface area contributed by atoms with Gasteiger partial charge in [0, 0.05) is 13.0 Å². The Morgan fingerprint density at radius 2 is 1.76 bits per heavy atom. The minimum atomic E-state index is -4.24. The molecular formula is C14H23F3N2O2. The third-order valence-corrected chi connectivity index (χ3v) is 3.61. The predicted molar refractivity (Wildman–Crippen MR) is 72.5 cm³/mol. The molecule has 4 nitrogen and oxygen atoms in total. The van der Waals surface area contributed by atoms with Crippen molar-refractivity contribution in [3.05, 3.63) is 0 Å². The Kier molecular flexibility index (Phi) is 5.28. The number of carbonyl (C=O) groups is 2. The second kappa shape index (κ2) is 6.23. The van der Waals surface area contributed by atoms with Crippen LogP contribution in [0.3, 0.4) is 0 Å². The Morgan fingerprint density at radius 3 is 2.19 bits per heavy atom. The van der Waals surface area contributed by atoms with Crippen LogP contribution < -0.4 is 5.32 Å². The first-order chi connectivity index (χ1) is 9.47. The lowest BCUT2D eigenvalue weighted by Gasteiger charge is -2.43. The van der Waals surface area contributed by atoms with Crippen LogP contribution in [-0.4, -0.2) is 41.5 Å². The lowest BCUT2D eigenvalue weighted by molar-refractivity contribution is -0.155. The first-order valence-corrected chi connectivity index (χ1v) is 7.15. The quantitative estimate of drug-likeness (QED) is 0.867. The molecule has 1 heterocycles. The van der Waals surface area contributed by atoms with Gasteiger partial charge in [0.15, 0.2) is 0 Å². The van der Waals surface area contributed by atoms with E-state index in [1.165, 1.54) is 4.90 Å². The number of hydrogen-bond acceptors (Lipinski definition) is 2. The third-order valence-electron chi connectivity index (χ3n) is 3.61. The van der Waals surface area contributed by atoms with Crippen LogP contribution >= 0.6 is 0 Å². The van der Waals surface area contributed by atoms with E-state index in [4.69, 9.17) is 0 Å². The molecule has 1 aliphatic rings. The maximum Gasteiger partial charge on any atom is 0.389 e. The number of rotatable bonds is 4. The van der Waals surface area contributed by atoms with Crippen molar-refractivity contribution in [1.29, 1.82) is 0 Å². The van der Waals surface area contributed by atoms with Gasteiger partial charge in [-0.2, -0.15) is 13.2 Å². The summed E-state index contributed by atoms with van der Waals surface area (Å²) in [6, 6.07) is -1.37. The Hall–Kier alpha value is -1.27. The highest BCUT2D eigenvalue weighted by Crippen LogP contribution is 2.27. The van der Waals surface area contributed by atoms with E-state index in [1.807, 2.05) is 20.8 Å². The maximum atomic E-state index is 12.5. The predicted octanol–water partition coefficient (Wildman–Crippen LogP) is 2.48. The molecule has 0 aromatic carbocycles. The van der Waals surface area contributed by atoms with E-state index in [2.05, 4.69) is 5.32 Å². The van der Waals surface area contributed by atoms with Gasteiger partial charge in [0.05, 0.1) is 0 Å². The number of carbonyl (C=O) groups excluding carboxylic acids is 2. The monoisotopic (exact) mass is 308 g/mol. The minimum Gasteiger partial charge on any atom is -0.342 e. The molecule has 21 heavy (non-hydrogen) atoms. The fourth-order valence-electron chi connectivity index (χ4n) is 2.47. The van der Waals surface area contributed by atoms with Gasteiger partial charge in [0.2, 0.25) is 11.8 Å². The Morgan fingerprint density at radius 1 is 1.19 bits per heavy atom. The van der Waals surface area contributed by atoms with Gasteiger partial charge in [-0.3, -0.25) is 9.59 Å². The molecule has 0 saturated carbocycles. The molecule has 7 heteroatoms. The molecule has 0 bridgehead atoms. The number of piperazine rings is 1. The van der Waals surface area contributed by atoms with Crippen LogP contribution in [0.15, 0.2) is 0 Å². The van der Waals surface area contributed by atoms with Crippen LogP contribution in [-0.2, 0) is 9.59 Å². The molecule has 0 radical (unpaired) electrons. The zero-order valence-corrected chi connectivity index (χ0v) is 12.9. The number of halogens is 3. The highest BCUT2D eigenvalue weighted by Gasteiger charge is 2.44. The largest absolute Gasteiger partial charge is 0.389 e. The van der Waals surface area contributed by atoms with Crippen molar-refractivity contribution in [3.8, 4) is 0 Å². The zero-order chi connectivity index (χ0) is 16.4. The second-order valence-corrected chi connectivity index (χ2v) is 6.48. The second-order valence-electron chi connectivity index (χ2n) is 6.48. The molecule has 0 aromatic heterocycles. The molecule has 0 aliphatic carbocycles. The van der Waals surface area contributed by atoms with E-state index < -0.39 is 30.1 Å². The Bertz CT molecular complexity index is 402. The van der Waals surface area contributed by atoms with E-state index in [0.29, 0.717) is 6.42 Å². The molecule has 0 spiro atoms. The fourth-order valence-corrected chi connectivity index (χ4v) is 2.47. The van der Waals surface area contributed by atoms with E-state index >= 15 is 0 Å². The van der Waals surface area contributed by atoms with E-state index in [-0.39, 0.29) is 24.8 Å². The summed E-state index contributed by atoms with van der Waals surface area (Å²) in [5.74, 6) is -0.583. The number of alkyl halides is 3. The lowest BCUT2D eigenvalue weighted by Crippen LogP contribution is -2.66. The molecule has 1 aliphatic heterocycles. The van der Waals surface area contributed by atoms with Crippen molar-refractivity contribution in [1.82, 2.24) is 10.2 Å². The maximum absolute atomic E-state index is 12.5. The first kappa shape index (κ1) is 17.8. The van der Waals surface area contributed by atoms with Crippen molar-refractivity contribution in [2.45, 2.75) is 65.2 Å². The summed E-state index contributed by atoms with van der Waals surface area (Å²) in [7, 11) is 0. The minimum absolute atomic E-state index is 0.0448. The molecule has 122 valence electrons. The van der Waals surface area contributed by atoms with Gasteiger partial charge in [-0.1, -0.05) is 27.7 Å². The van der Waals surface area contributed by atoms with Crippen LogP contribution in [0.25, 0.3) is 0 Å². The highest BCUT2D eigenvalue weighted by atomic mass is 19.4. The van der Waals surface area contributed by atoms with Crippen molar-refractivity contribution in [2.75, 3.05) is 6.54 Å². The summed E-state index contributed by atoms with van der Waals surface area (Å²) in [5, 5.41) is 2.69. The zero-order valence-electron chi connectivity index (χ0n) is 12.9. The van der Waals surface area contributed by atoms with Gasteiger partial charge in [0.25, 0.3) is 0 Å². The van der Waals surface area contributed by atoms with Gasteiger partial charge >= 0.3 is 6.18 Å². The van der Waals surface area contributed by atoms with Gasteiger partial charge in [-0.15, -0.1) is 0 Å². The molecule has 1 saturated heterocycles. The average Bonchev–Trinajstić information content (AvgIpc) is 2.30. The number of hydrogen-bond donors (Lipinski definition) is 1. The van der Waals surface area contributed by atoms with Crippen molar-refractivity contribution in [3.63, 3.8) is 0 Å². The Labute approximate surface area is 123 Å². The summed E-state index contributed by atoms with van der Waals surface area (Å²) in [6.07, 6.45) is -4.99. The standard InChI is InChI=1S/C14H23F3N2O2/c1-5-9-11(20)18-10(13(2,3)4)12(21)19(9)8-6-7-14(15,16)17/h9-10H,5-8H2,1-4H3,(H,18,20). The van der Waals surface area contributed by atoms with Crippen molar-refractivity contribution >= 4 is 11.8 Å².